The van der Waals surface area contributed by atoms with Gasteiger partial charge in [-0.2, -0.15) is 0 Å². The van der Waals surface area contributed by atoms with Crippen LogP contribution in [0.1, 0.15) is 31.4 Å². The molecule has 1 heterocycles. The number of carbonyl (C=O) groups excluding carboxylic acids is 1. The largest absolute Gasteiger partial charge is 0.383 e. The third kappa shape index (κ3) is 3.23. The average molecular weight is 308 g/mol. The quantitative estimate of drug-likeness (QED) is 0.885. The summed E-state index contributed by atoms with van der Waals surface area (Å²) in [7, 11) is 1.63. The molecule has 0 saturated heterocycles. The molecule has 0 radical (unpaired) electrons. The first-order valence-corrected chi connectivity index (χ1v) is 7.75. The number of para-hydroxylation sites is 1. The molecule has 3 atom stereocenters. The molecule has 0 fully saturated rings. The van der Waals surface area contributed by atoms with Gasteiger partial charge in [-0.05, 0) is 25.5 Å². The van der Waals surface area contributed by atoms with Gasteiger partial charge in [0.15, 0.2) is 6.10 Å². The van der Waals surface area contributed by atoms with E-state index >= 15 is 0 Å². The number of thiazole rings is 1. The predicted octanol–water partition coefficient (Wildman–Crippen LogP) is 1.95. The van der Waals surface area contributed by atoms with E-state index in [1.54, 1.807) is 7.05 Å². The number of rotatable bonds is 5. The highest BCUT2D eigenvalue weighted by Gasteiger charge is 2.31. The van der Waals surface area contributed by atoms with Crippen molar-refractivity contribution in [3.63, 3.8) is 0 Å². The van der Waals surface area contributed by atoms with E-state index in [0.29, 0.717) is 5.01 Å². The van der Waals surface area contributed by atoms with E-state index in [-0.39, 0.29) is 6.04 Å². The van der Waals surface area contributed by atoms with Gasteiger partial charge in [0.1, 0.15) is 11.1 Å². The number of likely N-dealkylation sites (N-methyl/N-ethyl adjacent to an activating group) is 1. The Labute approximate surface area is 127 Å². The van der Waals surface area contributed by atoms with Crippen molar-refractivity contribution in [2.24, 2.45) is 0 Å². The Morgan fingerprint density at radius 1 is 1.38 bits per heavy atom. The summed E-state index contributed by atoms with van der Waals surface area (Å²) in [4.78, 5) is 17.9. The van der Waals surface area contributed by atoms with E-state index in [9.17, 15) is 15.0 Å². The van der Waals surface area contributed by atoms with E-state index < -0.39 is 18.1 Å². The van der Waals surface area contributed by atoms with E-state index in [2.05, 4.69) is 4.98 Å². The Morgan fingerprint density at radius 2 is 2.05 bits per heavy atom. The van der Waals surface area contributed by atoms with Crippen LogP contribution in [0.25, 0.3) is 10.2 Å². The Morgan fingerprint density at radius 3 is 2.67 bits per heavy atom. The van der Waals surface area contributed by atoms with Crippen molar-refractivity contribution in [2.45, 2.75) is 38.5 Å². The van der Waals surface area contributed by atoms with Gasteiger partial charge in [0, 0.05) is 13.1 Å². The number of aliphatic hydroxyl groups excluding tert-OH is 2. The normalized spacial score (nSPS) is 15.7. The lowest BCUT2D eigenvalue weighted by molar-refractivity contribution is -0.147. The van der Waals surface area contributed by atoms with Crippen molar-refractivity contribution < 1.29 is 15.0 Å². The highest BCUT2D eigenvalue weighted by molar-refractivity contribution is 7.18. The van der Waals surface area contributed by atoms with E-state index in [4.69, 9.17) is 0 Å². The molecular formula is C15H20N2O3S. The molecule has 21 heavy (non-hydrogen) atoms. The summed E-state index contributed by atoms with van der Waals surface area (Å²) in [6, 6.07) is 7.48. The second-order valence-corrected chi connectivity index (χ2v) is 6.18. The smallest absolute Gasteiger partial charge is 0.254 e. The number of hydrogen-bond donors (Lipinski definition) is 2. The number of carbonyl (C=O) groups is 1. The summed E-state index contributed by atoms with van der Waals surface area (Å²) in [5, 5.41) is 20.7. The molecule has 2 rings (SSSR count). The molecule has 2 N–H and O–H groups in total. The molecule has 1 amide bonds. The summed E-state index contributed by atoms with van der Waals surface area (Å²) in [6.07, 6.45) is -2.02. The molecule has 1 aromatic heterocycles. The molecule has 1 aromatic carbocycles. The maximum absolute atomic E-state index is 12.2. The highest BCUT2D eigenvalue weighted by atomic mass is 32.1. The van der Waals surface area contributed by atoms with Crippen molar-refractivity contribution in [3.8, 4) is 0 Å². The summed E-state index contributed by atoms with van der Waals surface area (Å²) in [5.74, 6) is -0.490. The van der Waals surface area contributed by atoms with Gasteiger partial charge in [-0.25, -0.2) is 4.98 Å². The van der Waals surface area contributed by atoms with Crippen molar-refractivity contribution in [2.75, 3.05) is 7.05 Å². The van der Waals surface area contributed by atoms with Crippen LogP contribution >= 0.6 is 11.3 Å². The fraction of sp³-hybridized carbons (Fsp3) is 0.467. The van der Waals surface area contributed by atoms with Crippen LogP contribution < -0.4 is 0 Å². The van der Waals surface area contributed by atoms with Gasteiger partial charge in [0.05, 0.1) is 10.2 Å². The van der Waals surface area contributed by atoms with Gasteiger partial charge in [-0.1, -0.05) is 19.1 Å². The van der Waals surface area contributed by atoms with Gasteiger partial charge in [-0.3, -0.25) is 4.79 Å². The van der Waals surface area contributed by atoms with Crippen LogP contribution in [-0.4, -0.2) is 45.2 Å². The van der Waals surface area contributed by atoms with Crippen molar-refractivity contribution in [1.29, 1.82) is 0 Å². The molecule has 0 aliphatic carbocycles. The second kappa shape index (κ2) is 6.51. The first-order chi connectivity index (χ1) is 9.95. The molecule has 0 spiro atoms. The number of hydrogen-bond acceptors (Lipinski definition) is 5. The molecule has 2 aromatic rings. The molecule has 114 valence electrons. The van der Waals surface area contributed by atoms with Crippen LogP contribution in [0.3, 0.4) is 0 Å². The number of aromatic nitrogens is 1. The summed E-state index contributed by atoms with van der Waals surface area (Å²) in [6.45, 7) is 3.86. The third-order valence-corrected chi connectivity index (χ3v) is 4.82. The Hall–Kier alpha value is -1.50. The fourth-order valence-corrected chi connectivity index (χ4v) is 2.97. The minimum atomic E-state index is -1.50. The Bertz CT molecular complexity index is 595. The second-order valence-electron chi connectivity index (χ2n) is 5.12. The van der Waals surface area contributed by atoms with Crippen molar-refractivity contribution >= 4 is 27.5 Å². The van der Waals surface area contributed by atoms with Crippen LogP contribution in [0.4, 0.5) is 0 Å². The monoisotopic (exact) mass is 308 g/mol. The van der Waals surface area contributed by atoms with E-state index in [1.165, 1.54) is 16.2 Å². The zero-order valence-corrected chi connectivity index (χ0v) is 13.2. The summed E-state index contributed by atoms with van der Waals surface area (Å²) < 4.78 is 0.918. The zero-order valence-electron chi connectivity index (χ0n) is 12.4. The van der Waals surface area contributed by atoms with Crippen LogP contribution in [-0.2, 0) is 4.79 Å². The first kappa shape index (κ1) is 15.9. The topological polar surface area (TPSA) is 73.7 Å². The van der Waals surface area contributed by atoms with Gasteiger partial charge >= 0.3 is 0 Å². The molecule has 3 unspecified atom stereocenters. The highest BCUT2D eigenvalue weighted by Crippen LogP contribution is 2.28. The lowest BCUT2D eigenvalue weighted by Gasteiger charge is -2.27. The van der Waals surface area contributed by atoms with Gasteiger partial charge in [0.25, 0.3) is 5.91 Å². The standard InChI is InChI=1S/C15H20N2O3S/c1-4-9(2)17(3)15(20)13(19)12(18)14-16-10-7-5-6-8-11(10)21-14/h5-9,12-13,18-19H,4H2,1-3H3. The van der Waals surface area contributed by atoms with Gasteiger partial charge in [-0.15, -0.1) is 11.3 Å². The fourth-order valence-electron chi connectivity index (χ4n) is 1.99. The van der Waals surface area contributed by atoms with Crippen LogP contribution in [0, 0.1) is 0 Å². The SMILES string of the molecule is CCC(C)N(C)C(=O)C(O)C(O)c1nc2ccccc2s1. The molecular weight excluding hydrogens is 288 g/mol. The Kier molecular flexibility index (Phi) is 4.92. The molecule has 6 heteroatoms. The molecule has 0 aliphatic rings. The average Bonchev–Trinajstić information content (AvgIpc) is 2.95. The minimum Gasteiger partial charge on any atom is -0.383 e. The number of amides is 1. The van der Waals surface area contributed by atoms with Crippen molar-refractivity contribution in [1.82, 2.24) is 9.88 Å². The Balaban J connectivity index is 2.18. The lowest BCUT2D eigenvalue weighted by atomic mass is 10.1. The van der Waals surface area contributed by atoms with Crippen molar-refractivity contribution in [3.05, 3.63) is 29.3 Å². The van der Waals surface area contributed by atoms with E-state index in [1.807, 2.05) is 38.1 Å². The third-order valence-electron chi connectivity index (χ3n) is 3.72. The molecule has 5 nitrogen and oxygen atoms in total. The number of benzene rings is 1. The number of aliphatic hydroxyl groups is 2. The molecule has 0 saturated carbocycles. The van der Waals surface area contributed by atoms with Crippen LogP contribution in [0.5, 0.6) is 0 Å². The van der Waals surface area contributed by atoms with Crippen LogP contribution in [0.2, 0.25) is 0 Å². The van der Waals surface area contributed by atoms with Gasteiger partial charge in [0.2, 0.25) is 0 Å². The maximum atomic E-state index is 12.2. The maximum Gasteiger partial charge on any atom is 0.254 e. The predicted molar refractivity (Wildman–Crippen MR) is 83.1 cm³/mol. The molecule has 0 bridgehead atoms. The summed E-state index contributed by atoms with van der Waals surface area (Å²) in [5.41, 5.74) is 0.756. The number of nitrogens with zero attached hydrogens (tertiary/aromatic N) is 2. The number of fused-ring (bicyclic) bond motifs is 1. The lowest BCUT2D eigenvalue weighted by Crippen LogP contribution is -2.43. The minimum absolute atomic E-state index is 0.00900. The molecule has 0 aliphatic heterocycles. The van der Waals surface area contributed by atoms with E-state index in [0.717, 1.165) is 16.6 Å². The first-order valence-electron chi connectivity index (χ1n) is 6.94. The summed E-state index contributed by atoms with van der Waals surface area (Å²) >= 11 is 1.29. The van der Waals surface area contributed by atoms with Gasteiger partial charge < -0.3 is 15.1 Å². The van der Waals surface area contributed by atoms with Crippen LogP contribution in [0.15, 0.2) is 24.3 Å². The zero-order chi connectivity index (χ0) is 15.6.